The van der Waals surface area contributed by atoms with E-state index in [-0.39, 0.29) is 6.42 Å². The number of hydrogen-bond acceptors (Lipinski definition) is 4. The number of halogens is 1. The van der Waals surface area contributed by atoms with Gasteiger partial charge in [0, 0.05) is 42.8 Å². The zero-order valence-corrected chi connectivity index (χ0v) is 13.2. The zero-order valence-electron chi connectivity index (χ0n) is 11.6. The Kier molecular flexibility index (Phi) is 5.19. The number of carbonyl (C=O) groups is 2. The number of anilines is 1. The molecule has 1 aromatic carbocycles. The summed E-state index contributed by atoms with van der Waals surface area (Å²) in [5.74, 6) is -1.21. The van der Waals surface area contributed by atoms with Crippen molar-refractivity contribution in [3.63, 3.8) is 0 Å². The van der Waals surface area contributed by atoms with Crippen LogP contribution in [0.2, 0.25) is 0 Å². The molecule has 1 aliphatic heterocycles. The van der Waals surface area contributed by atoms with E-state index in [0.29, 0.717) is 12.1 Å². The van der Waals surface area contributed by atoms with E-state index in [1.165, 1.54) is 0 Å². The van der Waals surface area contributed by atoms with Crippen LogP contribution in [0, 0.1) is 0 Å². The number of nitrogens with two attached hydrogens (primary N) is 1. The first-order valence-electron chi connectivity index (χ1n) is 6.76. The Labute approximate surface area is 131 Å². The van der Waals surface area contributed by atoms with E-state index in [0.717, 1.165) is 36.3 Å². The molecule has 1 amide bonds. The molecule has 114 valence electrons. The number of aliphatic carboxylic acids is 1. The fraction of sp³-hybridized carbons (Fsp3) is 0.429. The van der Waals surface area contributed by atoms with Gasteiger partial charge in [-0.25, -0.2) is 0 Å². The molecule has 1 saturated heterocycles. The first-order chi connectivity index (χ1) is 9.97. The van der Waals surface area contributed by atoms with Gasteiger partial charge in [0.15, 0.2) is 0 Å². The van der Waals surface area contributed by atoms with Crippen LogP contribution in [0.3, 0.4) is 0 Å². The van der Waals surface area contributed by atoms with E-state index in [2.05, 4.69) is 25.7 Å². The van der Waals surface area contributed by atoms with E-state index >= 15 is 0 Å². The Morgan fingerprint density at radius 2 is 1.90 bits per heavy atom. The van der Waals surface area contributed by atoms with Crippen LogP contribution in [0.4, 0.5) is 5.69 Å². The van der Waals surface area contributed by atoms with Crippen LogP contribution in [0.1, 0.15) is 16.8 Å². The molecule has 2 rings (SSSR count). The Hall–Kier alpha value is -1.60. The molecule has 1 fully saturated rings. The number of rotatable bonds is 5. The third-order valence-corrected chi connectivity index (χ3v) is 4.22. The van der Waals surface area contributed by atoms with Crippen molar-refractivity contribution in [3.05, 3.63) is 28.2 Å². The van der Waals surface area contributed by atoms with Crippen LogP contribution >= 0.6 is 15.9 Å². The van der Waals surface area contributed by atoms with Crippen LogP contribution in [0.5, 0.6) is 0 Å². The minimum absolute atomic E-state index is 0.178. The third-order valence-electron chi connectivity index (χ3n) is 3.59. The summed E-state index contributed by atoms with van der Waals surface area (Å²) in [6, 6.07) is 5.34. The minimum atomic E-state index is -0.762. The van der Waals surface area contributed by atoms with Crippen LogP contribution < -0.4 is 10.6 Å². The van der Waals surface area contributed by atoms with Crippen molar-refractivity contribution >= 4 is 33.5 Å². The summed E-state index contributed by atoms with van der Waals surface area (Å²) in [5, 5.41) is 8.70. The van der Waals surface area contributed by atoms with Crippen molar-refractivity contribution in [2.45, 2.75) is 6.42 Å². The number of amides is 1. The Balaban J connectivity index is 1.96. The van der Waals surface area contributed by atoms with Crippen molar-refractivity contribution in [1.82, 2.24) is 4.90 Å². The van der Waals surface area contributed by atoms with Gasteiger partial charge in [-0.1, -0.05) is 0 Å². The summed E-state index contributed by atoms with van der Waals surface area (Å²) in [4.78, 5) is 26.1. The van der Waals surface area contributed by atoms with E-state index in [9.17, 15) is 9.59 Å². The Morgan fingerprint density at radius 3 is 2.43 bits per heavy atom. The summed E-state index contributed by atoms with van der Waals surface area (Å²) in [6.45, 7) is 3.90. The summed E-state index contributed by atoms with van der Waals surface area (Å²) in [6.07, 6.45) is 0.178. The second-order valence-electron chi connectivity index (χ2n) is 5.00. The average molecular weight is 356 g/mol. The van der Waals surface area contributed by atoms with Gasteiger partial charge in [-0.3, -0.25) is 14.5 Å². The molecule has 0 saturated carbocycles. The molecule has 1 aromatic rings. The van der Waals surface area contributed by atoms with E-state index in [1.807, 2.05) is 6.07 Å². The van der Waals surface area contributed by atoms with Crippen LogP contribution in [0.15, 0.2) is 22.7 Å². The number of piperazine rings is 1. The number of carbonyl (C=O) groups excluding carboxylic acids is 1. The highest BCUT2D eigenvalue weighted by molar-refractivity contribution is 9.10. The van der Waals surface area contributed by atoms with Gasteiger partial charge in [-0.2, -0.15) is 0 Å². The smallest absolute Gasteiger partial charge is 0.304 e. The molecule has 21 heavy (non-hydrogen) atoms. The van der Waals surface area contributed by atoms with Crippen LogP contribution in [-0.4, -0.2) is 54.6 Å². The van der Waals surface area contributed by atoms with Gasteiger partial charge < -0.3 is 15.7 Å². The molecule has 0 spiro atoms. The quantitative estimate of drug-likeness (QED) is 0.827. The Morgan fingerprint density at radius 1 is 1.24 bits per heavy atom. The average Bonchev–Trinajstić information content (AvgIpc) is 2.45. The molecule has 3 N–H and O–H groups in total. The van der Waals surface area contributed by atoms with Crippen molar-refractivity contribution in [2.75, 3.05) is 37.6 Å². The second-order valence-corrected chi connectivity index (χ2v) is 5.86. The zero-order chi connectivity index (χ0) is 15.4. The van der Waals surface area contributed by atoms with Gasteiger partial charge in [0.05, 0.1) is 12.1 Å². The van der Waals surface area contributed by atoms with E-state index < -0.39 is 11.9 Å². The van der Waals surface area contributed by atoms with Gasteiger partial charge in [0.25, 0.3) is 0 Å². The number of primary amides is 1. The molecule has 0 aromatic heterocycles. The van der Waals surface area contributed by atoms with Crippen molar-refractivity contribution in [2.24, 2.45) is 5.73 Å². The lowest BCUT2D eigenvalue weighted by molar-refractivity contribution is -0.137. The number of carboxylic acids is 1. The normalized spacial score (nSPS) is 16.0. The molecule has 0 atom stereocenters. The fourth-order valence-electron chi connectivity index (χ4n) is 2.38. The van der Waals surface area contributed by atoms with Crippen LogP contribution in [-0.2, 0) is 4.79 Å². The van der Waals surface area contributed by atoms with Crippen molar-refractivity contribution in [1.29, 1.82) is 0 Å². The summed E-state index contributed by atoms with van der Waals surface area (Å²) in [7, 11) is 0. The molecule has 6 nitrogen and oxygen atoms in total. The standard InChI is InChI=1S/C14H18BrN3O3/c15-11-9-10(14(16)21)1-2-12(11)18-7-5-17(6-8-18)4-3-13(19)20/h1-2,9H,3-8H2,(H2,16,21)(H,19,20). The van der Waals surface area contributed by atoms with Gasteiger partial charge in [0.2, 0.25) is 5.91 Å². The first kappa shape index (κ1) is 15.8. The highest BCUT2D eigenvalue weighted by Crippen LogP contribution is 2.28. The molecular weight excluding hydrogens is 338 g/mol. The van der Waals surface area contributed by atoms with E-state index in [1.54, 1.807) is 12.1 Å². The number of benzene rings is 1. The molecule has 7 heteroatoms. The molecule has 1 heterocycles. The monoisotopic (exact) mass is 355 g/mol. The maximum Gasteiger partial charge on any atom is 0.304 e. The largest absolute Gasteiger partial charge is 0.481 e. The predicted molar refractivity (Wildman–Crippen MR) is 83.6 cm³/mol. The lowest BCUT2D eigenvalue weighted by atomic mass is 10.1. The molecule has 0 unspecified atom stereocenters. The van der Waals surface area contributed by atoms with Gasteiger partial charge in [-0.15, -0.1) is 0 Å². The molecule has 0 bridgehead atoms. The topological polar surface area (TPSA) is 86.9 Å². The van der Waals surface area contributed by atoms with Crippen molar-refractivity contribution in [3.8, 4) is 0 Å². The maximum atomic E-state index is 11.1. The van der Waals surface area contributed by atoms with E-state index in [4.69, 9.17) is 10.8 Å². The highest BCUT2D eigenvalue weighted by Gasteiger charge is 2.19. The summed E-state index contributed by atoms with van der Waals surface area (Å²) < 4.78 is 0.845. The SMILES string of the molecule is NC(=O)c1ccc(N2CCN(CCC(=O)O)CC2)c(Br)c1. The number of carboxylic acid groups (broad SMARTS) is 1. The highest BCUT2D eigenvalue weighted by atomic mass is 79.9. The molecule has 0 aliphatic carbocycles. The summed E-state index contributed by atoms with van der Waals surface area (Å²) in [5.41, 5.74) is 6.76. The first-order valence-corrected chi connectivity index (χ1v) is 7.55. The number of nitrogens with zero attached hydrogens (tertiary/aromatic N) is 2. The molecular formula is C14H18BrN3O3. The number of hydrogen-bond donors (Lipinski definition) is 2. The lowest BCUT2D eigenvalue weighted by Crippen LogP contribution is -2.47. The lowest BCUT2D eigenvalue weighted by Gasteiger charge is -2.36. The third kappa shape index (κ3) is 4.18. The van der Waals surface area contributed by atoms with Gasteiger partial charge in [0.1, 0.15) is 0 Å². The summed E-state index contributed by atoms with van der Waals surface area (Å²) >= 11 is 3.48. The van der Waals surface area contributed by atoms with Gasteiger partial charge in [-0.05, 0) is 34.1 Å². The minimum Gasteiger partial charge on any atom is -0.481 e. The van der Waals surface area contributed by atoms with Crippen LogP contribution in [0.25, 0.3) is 0 Å². The predicted octanol–water partition coefficient (Wildman–Crippen LogP) is 1.14. The Bertz CT molecular complexity index is 542. The van der Waals surface area contributed by atoms with Gasteiger partial charge >= 0.3 is 5.97 Å². The van der Waals surface area contributed by atoms with Crippen molar-refractivity contribution < 1.29 is 14.7 Å². The molecule has 1 aliphatic rings. The second kappa shape index (κ2) is 6.91. The fourth-order valence-corrected chi connectivity index (χ4v) is 3.01. The molecule has 0 radical (unpaired) electrons. The maximum absolute atomic E-state index is 11.1.